The van der Waals surface area contributed by atoms with E-state index < -0.39 is 11.8 Å². The van der Waals surface area contributed by atoms with Crippen molar-refractivity contribution in [2.75, 3.05) is 7.11 Å². The van der Waals surface area contributed by atoms with E-state index in [0.29, 0.717) is 6.54 Å². The summed E-state index contributed by atoms with van der Waals surface area (Å²) in [5, 5.41) is 1.14. The highest BCUT2D eigenvalue weighted by atomic mass is 19.1. The highest BCUT2D eigenvalue weighted by Crippen LogP contribution is 2.18. The Kier molecular flexibility index (Phi) is 3.44. The minimum absolute atomic E-state index is 0.0429. The average molecular weight is 283 g/mol. The number of esters is 1. The van der Waals surface area contributed by atoms with Gasteiger partial charge in [-0.2, -0.15) is 0 Å². The molecule has 4 heteroatoms. The molecule has 0 saturated carbocycles. The van der Waals surface area contributed by atoms with Crippen LogP contribution in [0, 0.1) is 5.82 Å². The van der Waals surface area contributed by atoms with Crippen LogP contribution >= 0.6 is 0 Å². The molecule has 0 fully saturated rings. The first-order chi connectivity index (χ1) is 10.2. The third kappa shape index (κ3) is 2.52. The van der Waals surface area contributed by atoms with Crippen LogP contribution < -0.4 is 0 Å². The first-order valence-electron chi connectivity index (χ1n) is 6.59. The van der Waals surface area contributed by atoms with Crippen LogP contribution in [0.15, 0.2) is 54.7 Å². The lowest BCUT2D eigenvalue weighted by Gasteiger charge is -2.07. The van der Waals surface area contributed by atoms with Crippen molar-refractivity contribution in [2.24, 2.45) is 0 Å². The lowest BCUT2D eigenvalue weighted by molar-refractivity contribution is 0.0595. The van der Waals surface area contributed by atoms with Gasteiger partial charge in [0, 0.05) is 18.3 Å². The number of fused-ring (bicyclic) bond motifs is 1. The van der Waals surface area contributed by atoms with Crippen LogP contribution in [0.25, 0.3) is 10.9 Å². The van der Waals surface area contributed by atoms with Crippen LogP contribution in [0.1, 0.15) is 15.9 Å². The predicted octanol–water partition coefficient (Wildman–Crippen LogP) is 3.62. The highest BCUT2D eigenvalue weighted by Gasteiger charge is 2.12. The Labute approximate surface area is 121 Å². The van der Waals surface area contributed by atoms with Crippen LogP contribution in [0.3, 0.4) is 0 Å². The molecule has 1 heterocycles. The normalized spacial score (nSPS) is 10.8. The molecule has 0 N–H and O–H groups in total. The van der Waals surface area contributed by atoms with Crippen LogP contribution in [0.2, 0.25) is 0 Å². The Bertz CT molecular complexity index is 807. The summed E-state index contributed by atoms with van der Waals surface area (Å²) in [7, 11) is 1.24. The maximum absolute atomic E-state index is 13.9. The second-order valence-corrected chi connectivity index (χ2v) is 4.81. The van der Waals surface area contributed by atoms with Crippen molar-refractivity contribution in [3.8, 4) is 0 Å². The Morgan fingerprint density at radius 3 is 2.76 bits per heavy atom. The third-order valence-corrected chi connectivity index (χ3v) is 3.47. The number of nitrogens with zero attached hydrogens (tertiary/aromatic N) is 1. The van der Waals surface area contributed by atoms with Gasteiger partial charge in [0.05, 0.1) is 12.7 Å². The van der Waals surface area contributed by atoms with Gasteiger partial charge >= 0.3 is 5.97 Å². The summed E-state index contributed by atoms with van der Waals surface area (Å²) in [5.74, 6) is -1.22. The summed E-state index contributed by atoms with van der Waals surface area (Å²) < 4.78 is 20.5. The number of para-hydroxylation sites is 1. The fraction of sp³-hybridized carbons (Fsp3) is 0.118. The smallest absolute Gasteiger partial charge is 0.340 e. The Morgan fingerprint density at radius 1 is 1.19 bits per heavy atom. The van der Waals surface area contributed by atoms with E-state index >= 15 is 0 Å². The van der Waals surface area contributed by atoms with Gasteiger partial charge in [-0.25, -0.2) is 9.18 Å². The molecule has 2 aromatic carbocycles. The summed E-state index contributed by atoms with van der Waals surface area (Å²) in [6, 6.07) is 14.6. The molecule has 3 rings (SSSR count). The van der Waals surface area contributed by atoms with Crippen LogP contribution in [-0.4, -0.2) is 17.6 Å². The minimum Gasteiger partial charge on any atom is -0.465 e. The first kappa shape index (κ1) is 13.4. The van der Waals surface area contributed by atoms with E-state index in [1.807, 2.05) is 41.1 Å². The largest absolute Gasteiger partial charge is 0.465 e. The lowest BCUT2D eigenvalue weighted by atomic mass is 10.1. The van der Waals surface area contributed by atoms with Crippen molar-refractivity contribution in [3.63, 3.8) is 0 Å². The number of hydrogen-bond donors (Lipinski definition) is 0. The molecule has 0 unspecified atom stereocenters. The Morgan fingerprint density at radius 2 is 2.00 bits per heavy atom. The van der Waals surface area contributed by atoms with Gasteiger partial charge in [-0.1, -0.05) is 24.3 Å². The molecule has 106 valence electrons. The molecule has 3 nitrogen and oxygen atoms in total. The van der Waals surface area contributed by atoms with Crippen molar-refractivity contribution >= 4 is 16.9 Å². The van der Waals surface area contributed by atoms with Crippen molar-refractivity contribution in [1.82, 2.24) is 4.57 Å². The SMILES string of the molecule is COC(=O)c1ccc(Cn2ccc3ccccc32)cc1F. The van der Waals surface area contributed by atoms with Crippen molar-refractivity contribution in [1.29, 1.82) is 0 Å². The molecular weight excluding hydrogens is 269 g/mol. The number of rotatable bonds is 3. The van der Waals surface area contributed by atoms with Crippen molar-refractivity contribution in [2.45, 2.75) is 6.54 Å². The minimum atomic E-state index is -0.662. The van der Waals surface area contributed by atoms with Crippen LogP contribution in [0.5, 0.6) is 0 Å². The van der Waals surface area contributed by atoms with Crippen molar-refractivity contribution < 1.29 is 13.9 Å². The van der Waals surface area contributed by atoms with Crippen molar-refractivity contribution in [3.05, 3.63) is 71.7 Å². The second-order valence-electron chi connectivity index (χ2n) is 4.81. The van der Waals surface area contributed by atoms with Gasteiger partial charge in [-0.05, 0) is 35.2 Å². The molecule has 3 aromatic rings. The van der Waals surface area contributed by atoms with Gasteiger partial charge in [0.15, 0.2) is 0 Å². The zero-order chi connectivity index (χ0) is 14.8. The van der Waals surface area contributed by atoms with E-state index in [9.17, 15) is 9.18 Å². The number of carbonyl (C=O) groups is 1. The van der Waals surface area contributed by atoms with E-state index in [1.165, 1.54) is 19.2 Å². The molecule has 0 radical (unpaired) electrons. The number of methoxy groups -OCH3 is 1. The van der Waals surface area contributed by atoms with Crippen LogP contribution in [0.4, 0.5) is 4.39 Å². The molecular formula is C17H14FNO2. The van der Waals surface area contributed by atoms with Gasteiger partial charge in [-0.3, -0.25) is 0 Å². The number of benzene rings is 2. The molecule has 0 bridgehead atoms. The van der Waals surface area contributed by atoms with Gasteiger partial charge in [0.25, 0.3) is 0 Å². The first-order valence-corrected chi connectivity index (χ1v) is 6.59. The third-order valence-electron chi connectivity index (χ3n) is 3.47. The molecule has 0 aliphatic rings. The number of halogens is 1. The van der Waals surface area contributed by atoms with E-state index in [2.05, 4.69) is 4.74 Å². The molecule has 21 heavy (non-hydrogen) atoms. The molecule has 1 aromatic heterocycles. The number of hydrogen-bond acceptors (Lipinski definition) is 2. The summed E-state index contributed by atoms with van der Waals surface area (Å²) in [6.07, 6.45) is 1.97. The Hall–Kier alpha value is -2.62. The summed E-state index contributed by atoms with van der Waals surface area (Å²) in [4.78, 5) is 11.4. The zero-order valence-corrected chi connectivity index (χ0v) is 11.5. The average Bonchev–Trinajstić information content (AvgIpc) is 2.90. The number of carbonyl (C=O) groups excluding carboxylic acids is 1. The Balaban J connectivity index is 1.92. The van der Waals surface area contributed by atoms with E-state index in [0.717, 1.165) is 16.5 Å². The van der Waals surface area contributed by atoms with E-state index in [-0.39, 0.29) is 5.56 Å². The molecule has 0 aliphatic heterocycles. The van der Waals surface area contributed by atoms with Crippen LogP contribution in [-0.2, 0) is 11.3 Å². The van der Waals surface area contributed by atoms with Gasteiger partial charge < -0.3 is 9.30 Å². The van der Waals surface area contributed by atoms with Gasteiger partial charge in [-0.15, -0.1) is 0 Å². The monoisotopic (exact) mass is 283 g/mol. The number of ether oxygens (including phenoxy) is 1. The topological polar surface area (TPSA) is 31.2 Å². The maximum Gasteiger partial charge on any atom is 0.340 e. The summed E-state index contributed by atoms with van der Waals surface area (Å²) in [5.41, 5.74) is 1.84. The van der Waals surface area contributed by atoms with Gasteiger partial charge in [0.2, 0.25) is 0 Å². The quantitative estimate of drug-likeness (QED) is 0.687. The fourth-order valence-electron chi connectivity index (χ4n) is 2.41. The second kappa shape index (κ2) is 5.40. The van der Waals surface area contributed by atoms with Gasteiger partial charge in [0.1, 0.15) is 5.82 Å². The number of aromatic nitrogens is 1. The maximum atomic E-state index is 13.9. The fourth-order valence-corrected chi connectivity index (χ4v) is 2.41. The zero-order valence-electron chi connectivity index (χ0n) is 11.5. The van der Waals surface area contributed by atoms with E-state index in [1.54, 1.807) is 6.07 Å². The molecule has 0 spiro atoms. The van der Waals surface area contributed by atoms with E-state index in [4.69, 9.17) is 0 Å². The summed E-state index contributed by atoms with van der Waals surface area (Å²) >= 11 is 0. The lowest BCUT2D eigenvalue weighted by Crippen LogP contribution is -2.06. The summed E-state index contributed by atoms with van der Waals surface area (Å²) in [6.45, 7) is 0.548. The standard InChI is InChI=1S/C17H14FNO2/c1-21-17(20)14-7-6-12(10-15(14)18)11-19-9-8-13-4-2-3-5-16(13)19/h2-10H,11H2,1H3. The predicted molar refractivity (Wildman–Crippen MR) is 78.8 cm³/mol. The molecule has 0 atom stereocenters. The molecule has 0 aliphatic carbocycles. The highest BCUT2D eigenvalue weighted by molar-refractivity contribution is 5.89. The molecule has 0 amide bonds. The molecule has 0 saturated heterocycles.